The highest BCUT2D eigenvalue weighted by Crippen LogP contribution is 2.26. The minimum absolute atomic E-state index is 0.532. The first-order chi connectivity index (χ1) is 8.05. The third-order valence-electron chi connectivity index (χ3n) is 3.55. The Labute approximate surface area is 107 Å². The molecule has 1 heterocycles. The van der Waals surface area contributed by atoms with Crippen molar-refractivity contribution in [3.8, 4) is 0 Å². The number of aliphatic carboxylic acids is 1. The summed E-state index contributed by atoms with van der Waals surface area (Å²) in [5.74, 6) is -0.697. The van der Waals surface area contributed by atoms with E-state index in [2.05, 4.69) is 23.7 Å². The van der Waals surface area contributed by atoms with E-state index < -0.39 is 11.4 Å². The zero-order valence-corrected chi connectivity index (χ0v) is 11.6. The standard InChI is InChI=1S/C13H21NO2S/c1-4-13(5-2,12(15)16)9-14-8-11-6-7-17-10(11)3/h6-7,14H,4-5,8-9H2,1-3H3,(H,15,16). The van der Waals surface area contributed by atoms with E-state index in [-0.39, 0.29) is 0 Å². The van der Waals surface area contributed by atoms with Crippen molar-refractivity contribution in [1.29, 1.82) is 0 Å². The molecule has 1 aromatic heterocycles. The summed E-state index contributed by atoms with van der Waals surface area (Å²) in [6.07, 6.45) is 1.32. The Bertz CT molecular complexity index is 369. The summed E-state index contributed by atoms with van der Waals surface area (Å²) in [6, 6.07) is 2.09. The van der Waals surface area contributed by atoms with Crippen molar-refractivity contribution >= 4 is 17.3 Å². The highest BCUT2D eigenvalue weighted by molar-refractivity contribution is 7.10. The van der Waals surface area contributed by atoms with Gasteiger partial charge in [0.05, 0.1) is 5.41 Å². The fraction of sp³-hybridized carbons (Fsp3) is 0.615. The van der Waals surface area contributed by atoms with Crippen molar-refractivity contribution < 1.29 is 9.90 Å². The third-order valence-corrected chi connectivity index (χ3v) is 4.44. The molecule has 96 valence electrons. The van der Waals surface area contributed by atoms with Gasteiger partial charge in [-0.25, -0.2) is 0 Å². The summed E-state index contributed by atoms with van der Waals surface area (Å²) in [6.45, 7) is 7.25. The Morgan fingerprint density at radius 2 is 2.12 bits per heavy atom. The molecule has 0 amide bonds. The fourth-order valence-electron chi connectivity index (χ4n) is 1.91. The summed E-state index contributed by atoms with van der Waals surface area (Å²) in [5, 5.41) is 14.6. The molecule has 2 N–H and O–H groups in total. The molecular weight excluding hydrogens is 234 g/mol. The highest BCUT2D eigenvalue weighted by atomic mass is 32.1. The van der Waals surface area contributed by atoms with Crippen molar-refractivity contribution in [2.24, 2.45) is 5.41 Å². The number of carbonyl (C=O) groups is 1. The van der Waals surface area contributed by atoms with Crippen LogP contribution in [0.2, 0.25) is 0 Å². The Kier molecular flexibility index (Phi) is 5.15. The molecule has 1 rings (SSSR count). The molecule has 17 heavy (non-hydrogen) atoms. The molecule has 0 saturated carbocycles. The van der Waals surface area contributed by atoms with Crippen LogP contribution in [-0.4, -0.2) is 17.6 Å². The molecule has 0 fully saturated rings. The van der Waals surface area contributed by atoms with E-state index in [0.717, 1.165) is 6.54 Å². The first-order valence-corrected chi connectivity index (χ1v) is 6.90. The third kappa shape index (κ3) is 3.30. The molecule has 3 nitrogen and oxygen atoms in total. The maximum atomic E-state index is 11.3. The van der Waals surface area contributed by atoms with E-state index in [4.69, 9.17) is 0 Å². The van der Waals surface area contributed by atoms with Crippen LogP contribution in [0.3, 0.4) is 0 Å². The maximum Gasteiger partial charge on any atom is 0.310 e. The van der Waals surface area contributed by atoms with E-state index in [1.807, 2.05) is 13.8 Å². The fourth-order valence-corrected chi connectivity index (χ4v) is 2.64. The van der Waals surface area contributed by atoms with E-state index in [0.29, 0.717) is 19.4 Å². The van der Waals surface area contributed by atoms with Gasteiger partial charge in [-0.05, 0) is 36.8 Å². The average molecular weight is 255 g/mol. The number of carboxylic acids is 1. The number of rotatable bonds is 7. The van der Waals surface area contributed by atoms with Crippen LogP contribution in [0, 0.1) is 12.3 Å². The minimum Gasteiger partial charge on any atom is -0.481 e. The predicted octanol–water partition coefficient (Wildman–Crippen LogP) is 3.04. The molecule has 0 aliphatic heterocycles. The van der Waals surface area contributed by atoms with Crippen molar-refractivity contribution in [3.05, 3.63) is 21.9 Å². The second-order valence-electron chi connectivity index (χ2n) is 4.40. The minimum atomic E-state index is -0.697. The lowest BCUT2D eigenvalue weighted by Gasteiger charge is -2.27. The van der Waals surface area contributed by atoms with Gasteiger partial charge in [0.15, 0.2) is 0 Å². The molecule has 0 radical (unpaired) electrons. The van der Waals surface area contributed by atoms with Gasteiger partial charge in [-0.15, -0.1) is 11.3 Å². The summed E-state index contributed by atoms with van der Waals surface area (Å²) in [5.41, 5.74) is 0.644. The Morgan fingerprint density at radius 1 is 1.47 bits per heavy atom. The molecule has 0 unspecified atom stereocenters. The maximum absolute atomic E-state index is 11.3. The molecule has 0 aliphatic rings. The summed E-state index contributed by atoms with van der Waals surface area (Å²) >= 11 is 1.72. The first-order valence-electron chi connectivity index (χ1n) is 6.03. The summed E-state index contributed by atoms with van der Waals surface area (Å²) in [7, 11) is 0. The van der Waals surface area contributed by atoms with E-state index >= 15 is 0 Å². The van der Waals surface area contributed by atoms with Crippen LogP contribution in [0.4, 0.5) is 0 Å². The monoisotopic (exact) mass is 255 g/mol. The van der Waals surface area contributed by atoms with Gasteiger partial charge in [0.25, 0.3) is 0 Å². The van der Waals surface area contributed by atoms with Gasteiger partial charge >= 0.3 is 5.97 Å². The highest BCUT2D eigenvalue weighted by Gasteiger charge is 2.34. The van der Waals surface area contributed by atoms with Crippen molar-refractivity contribution in [2.45, 2.75) is 40.2 Å². The van der Waals surface area contributed by atoms with Crippen LogP contribution in [0.1, 0.15) is 37.1 Å². The van der Waals surface area contributed by atoms with Crippen LogP contribution in [0.25, 0.3) is 0 Å². The van der Waals surface area contributed by atoms with Gasteiger partial charge in [-0.2, -0.15) is 0 Å². The van der Waals surface area contributed by atoms with Crippen LogP contribution in [-0.2, 0) is 11.3 Å². The number of thiophene rings is 1. The Hall–Kier alpha value is -0.870. The quantitative estimate of drug-likeness (QED) is 0.787. The van der Waals surface area contributed by atoms with Crippen LogP contribution < -0.4 is 5.32 Å². The van der Waals surface area contributed by atoms with E-state index in [9.17, 15) is 9.90 Å². The van der Waals surface area contributed by atoms with Crippen molar-refractivity contribution in [2.75, 3.05) is 6.54 Å². The van der Waals surface area contributed by atoms with E-state index in [1.165, 1.54) is 10.4 Å². The van der Waals surface area contributed by atoms with Crippen LogP contribution in [0.5, 0.6) is 0 Å². The smallest absolute Gasteiger partial charge is 0.310 e. The SMILES string of the molecule is CCC(CC)(CNCc1ccsc1C)C(=O)O. The Balaban J connectivity index is 2.54. The summed E-state index contributed by atoms with van der Waals surface area (Å²) in [4.78, 5) is 12.6. The molecular formula is C13H21NO2S. The largest absolute Gasteiger partial charge is 0.481 e. The normalized spacial score (nSPS) is 11.7. The second-order valence-corrected chi connectivity index (χ2v) is 5.52. The number of hydrogen-bond donors (Lipinski definition) is 2. The molecule has 0 atom stereocenters. The van der Waals surface area contributed by atoms with Crippen molar-refractivity contribution in [3.63, 3.8) is 0 Å². The Morgan fingerprint density at radius 3 is 2.53 bits per heavy atom. The zero-order chi connectivity index (χ0) is 12.9. The van der Waals surface area contributed by atoms with Gasteiger partial charge in [-0.1, -0.05) is 13.8 Å². The molecule has 0 spiro atoms. The molecule has 0 bridgehead atoms. The lowest BCUT2D eigenvalue weighted by Crippen LogP contribution is -2.40. The van der Waals surface area contributed by atoms with Crippen LogP contribution >= 0.6 is 11.3 Å². The van der Waals surface area contributed by atoms with Crippen LogP contribution in [0.15, 0.2) is 11.4 Å². The van der Waals surface area contributed by atoms with Crippen molar-refractivity contribution in [1.82, 2.24) is 5.32 Å². The average Bonchev–Trinajstić information content (AvgIpc) is 2.70. The lowest BCUT2D eigenvalue weighted by molar-refractivity contribution is -0.149. The summed E-state index contributed by atoms with van der Waals surface area (Å²) < 4.78 is 0. The second kappa shape index (κ2) is 6.17. The predicted molar refractivity (Wildman–Crippen MR) is 71.4 cm³/mol. The molecule has 0 aliphatic carbocycles. The molecule has 0 aromatic carbocycles. The molecule has 1 aromatic rings. The number of carboxylic acid groups (broad SMARTS) is 1. The van der Waals surface area contributed by atoms with Gasteiger partial charge in [0.1, 0.15) is 0 Å². The molecule has 0 saturated heterocycles. The topological polar surface area (TPSA) is 49.3 Å². The van der Waals surface area contributed by atoms with Gasteiger partial charge in [0.2, 0.25) is 0 Å². The zero-order valence-electron chi connectivity index (χ0n) is 10.7. The van der Waals surface area contributed by atoms with Gasteiger partial charge in [-0.3, -0.25) is 4.79 Å². The lowest BCUT2D eigenvalue weighted by atomic mass is 9.82. The number of nitrogens with one attached hydrogen (secondary N) is 1. The number of aryl methyl sites for hydroxylation is 1. The van der Waals surface area contributed by atoms with E-state index in [1.54, 1.807) is 11.3 Å². The first kappa shape index (κ1) is 14.2. The van der Waals surface area contributed by atoms with Gasteiger partial charge < -0.3 is 10.4 Å². The number of hydrogen-bond acceptors (Lipinski definition) is 3. The molecule has 4 heteroatoms. The van der Waals surface area contributed by atoms with Gasteiger partial charge in [0, 0.05) is 18.0 Å².